The third kappa shape index (κ3) is 8.70. The van der Waals surface area contributed by atoms with Gasteiger partial charge < -0.3 is 19.7 Å². The number of thiophene rings is 1. The van der Waals surface area contributed by atoms with E-state index in [1.165, 1.54) is 5.56 Å². The molecule has 1 aliphatic rings. The van der Waals surface area contributed by atoms with E-state index >= 15 is 0 Å². The van der Waals surface area contributed by atoms with Gasteiger partial charge in [0.05, 0.1) is 6.10 Å². The van der Waals surface area contributed by atoms with E-state index in [4.69, 9.17) is 14.5 Å². The number of guanidine groups is 1. The van der Waals surface area contributed by atoms with Crippen LogP contribution in [0.1, 0.15) is 31.7 Å². The van der Waals surface area contributed by atoms with E-state index < -0.39 is 0 Å². The number of hydrogen-bond donors (Lipinski definition) is 1. The quantitative estimate of drug-likeness (QED) is 0.254. The van der Waals surface area contributed by atoms with Crippen LogP contribution in [0.4, 0.5) is 0 Å². The van der Waals surface area contributed by atoms with Crippen LogP contribution in [-0.2, 0) is 15.9 Å². The average molecular weight is 481 g/mol. The molecular weight excluding hydrogens is 449 g/mol. The molecule has 1 aromatic heterocycles. The molecular formula is C18H32IN3O2S. The predicted octanol–water partition coefficient (Wildman–Crippen LogP) is 3.39. The number of halogens is 1. The Labute approximate surface area is 173 Å². The smallest absolute Gasteiger partial charge is 0.193 e. The lowest BCUT2D eigenvalue weighted by atomic mass is 10.1. The second-order valence-corrected chi connectivity index (χ2v) is 6.80. The summed E-state index contributed by atoms with van der Waals surface area (Å²) in [6.07, 6.45) is 4.51. The van der Waals surface area contributed by atoms with Gasteiger partial charge in [-0.3, -0.25) is 4.99 Å². The Balaban J connectivity index is 0.00000312. The highest BCUT2D eigenvalue weighted by Gasteiger charge is 2.21. The zero-order valence-electron chi connectivity index (χ0n) is 15.4. The molecule has 0 unspecified atom stereocenters. The van der Waals surface area contributed by atoms with Crippen molar-refractivity contribution < 1.29 is 9.47 Å². The fourth-order valence-electron chi connectivity index (χ4n) is 2.84. The van der Waals surface area contributed by atoms with Crippen LogP contribution in [-0.4, -0.2) is 63.5 Å². The van der Waals surface area contributed by atoms with Crippen molar-refractivity contribution in [1.82, 2.24) is 10.2 Å². The molecule has 0 amide bonds. The third-order valence-electron chi connectivity index (χ3n) is 4.16. The van der Waals surface area contributed by atoms with Crippen LogP contribution in [0.3, 0.4) is 0 Å². The van der Waals surface area contributed by atoms with Crippen LogP contribution in [0.5, 0.6) is 0 Å². The second-order valence-electron chi connectivity index (χ2n) is 6.02. The van der Waals surface area contributed by atoms with Crippen molar-refractivity contribution >= 4 is 41.3 Å². The summed E-state index contributed by atoms with van der Waals surface area (Å²) in [6, 6.07) is 2.18. The van der Waals surface area contributed by atoms with Crippen molar-refractivity contribution in [3.63, 3.8) is 0 Å². The second kappa shape index (κ2) is 13.8. The van der Waals surface area contributed by atoms with E-state index in [0.717, 1.165) is 71.0 Å². The molecule has 0 aromatic carbocycles. The SMILES string of the molecule is CCNC(=NCCc1ccsc1)N1CCC(OCCCOC)CC1.I. The largest absolute Gasteiger partial charge is 0.385 e. The number of piperidine rings is 1. The number of nitrogens with zero attached hydrogens (tertiary/aromatic N) is 2. The van der Waals surface area contributed by atoms with Gasteiger partial charge in [0.15, 0.2) is 5.96 Å². The summed E-state index contributed by atoms with van der Waals surface area (Å²) in [7, 11) is 1.73. The average Bonchev–Trinajstić information content (AvgIpc) is 3.12. The minimum atomic E-state index is 0. The number of nitrogens with one attached hydrogen (secondary N) is 1. The molecule has 5 nitrogen and oxygen atoms in total. The molecule has 1 fully saturated rings. The first-order valence-electron chi connectivity index (χ1n) is 8.98. The Hall–Kier alpha value is -0.380. The number of aliphatic imine (C=N–C) groups is 1. The van der Waals surface area contributed by atoms with Gasteiger partial charge >= 0.3 is 0 Å². The molecule has 0 saturated carbocycles. The molecule has 1 N–H and O–H groups in total. The zero-order chi connectivity index (χ0) is 17.0. The van der Waals surface area contributed by atoms with Gasteiger partial charge in [0, 0.05) is 46.5 Å². The Kier molecular flexibility index (Phi) is 12.5. The van der Waals surface area contributed by atoms with E-state index in [9.17, 15) is 0 Å². The summed E-state index contributed by atoms with van der Waals surface area (Å²) in [5, 5.41) is 7.76. The highest BCUT2D eigenvalue weighted by atomic mass is 127. The Morgan fingerprint density at radius 2 is 2.16 bits per heavy atom. The van der Waals surface area contributed by atoms with Crippen molar-refractivity contribution in [2.45, 2.75) is 38.7 Å². The normalized spacial score (nSPS) is 15.9. The molecule has 0 spiro atoms. The highest BCUT2D eigenvalue weighted by Crippen LogP contribution is 2.14. The maximum atomic E-state index is 5.94. The fraction of sp³-hybridized carbons (Fsp3) is 0.722. The lowest BCUT2D eigenvalue weighted by Gasteiger charge is -2.34. The van der Waals surface area contributed by atoms with Gasteiger partial charge in [0.1, 0.15) is 0 Å². The van der Waals surface area contributed by atoms with Crippen LogP contribution >= 0.6 is 35.3 Å². The molecule has 144 valence electrons. The molecule has 0 bridgehead atoms. The van der Waals surface area contributed by atoms with E-state index in [-0.39, 0.29) is 24.0 Å². The van der Waals surface area contributed by atoms with Crippen LogP contribution in [0.2, 0.25) is 0 Å². The van der Waals surface area contributed by atoms with Gasteiger partial charge in [-0.15, -0.1) is 24.0 Å². The first kappa shape index (κ1) is 22.7. The summed E-state index contributed by atoms with van der Waals surface area (Å²) in [4.78, 5) is 7.17. The molecule has 2 heterocycles. The molecule has 7 heteroatoms. The van der Waals surface area contributed by atoms with Crippen molar-refractivity contribution in [3.05, 3.63) is 22.4 Å². The van der Waals surface area contributed by atoms with Gasteiger partial charge in [-0.1, -0.05) is 0 Å². The lowest BCUT2D eigenvalue weighted by Crippen LogP contribution is -2.47. The number of ether oxygens (including phenoxy) is 2. The lowest BCUT2D eigenvalue weighted by molar-refractivity contribution is 0.00991. The minimum Gasteiger partial charge on any atom is -0.385 e. The number of rotatable bonds is 9. The van der Waals surface area contributed by atoms with Crippen LogP contribution < -0.4 is 5.32 Å². The van der Waals surface area contributed by atoms with Gasteiger partial charge in [-0.05, 0) is 55.0 Å². The Bertz CT molecular complexity index is 463. The Morgan fingerprint density at radius 3 is 2.80 bits per heavy atom. The first-order valence-corrected chi connectivity index (χ1v) is 9.92. The number of hydrogen-bond acceptors (Lipinski definition) is 4. The van der Waals surface area contributed by atoms with Crippen molar-refractivity contribution in [1.29, 1.82) is 0 Å². The van der Waals surface area contributed by atoms with E-state index in [1.54, 1.807) is 18.4 Å². The summed E-state index contributed by atoms with van der Waals surface area (Å²) in [5.74, 6) is 1.05. The van der Waals surface area contributed by atoms with Crippen molar-refractivity contribution in [2.75, 3.05) is 46.5 Å². The van der Waals surface area contributed by atoms with Gasteiger partial charge in [0.25, 0.3) is 0 Å². The summed E-state index contributed by atoms with van der Waals surface area (Å²) in [6.45, 7) is 7.48. The predicted molar refractivity (Wildman–Crippen MR) is 116 cm³/mol. The molecule has 0 radical (unpaired) electrons. The maximum Gasteiger partial charge on any atom is 0.193 e. The summed E-state index contributed by atoms with van der Waals surface area (Å²) >= 11 is 1.75. The summed E-state index contributed by atoms with van der Waals surface area (Å²) < 4.78 is 11.0. The molecule has 1 aliphatic heterocycles. The monoisotopic (exact) mass is 481 g/mol. The number of likely N-dealkylation sites (tertiary alicyclic amines) is 1. The topological polar surface area (TPSA) is 46.1 Å². The molecule has 25 heavy (non-hydrogen) atoms. The van der Waals surface area contributed by atoms with Gasteiger partial charge in [-0.25, -0.2) is 0 Å². The van der Waals surface area contributed by atoms with E-state index in [0.29, 0.717) is 6.10 Å². The van der Waals surface area contributed by atoms with Crippen LogP contribution in [0.15, 0.2) is 21.8 Å². The number of methoxy groups -OCH3 is 1. The minimum absolute atomic E-state index is 0. The molecule has 0 atom stereocenters. The first-order chi connectivity index (χ1) is 11.8. The molecule has 2 rings (SSSR count). The van der Waals surface area contributed by atoms with Crippen LogP contribution in [0.25, 0.3) is 0 Å². The van der Waals surface area contributed by atoms with E-state index in [1.807, 2.05) is 0 Å². The van der Waals surface area contributed by atoms with Crippen molar-refractivity contribution in [2.24, 2.45) is 4.99 Å². The maximum absolute atomic E-state index is 5.94. The fourth-order valence-corrected chi connectivity index (χ4v) is 3.54. The third-order valence-corrected chi connectivity index (χ3v) is 4.90. The molecule has 1 aromatic rings. The van der Waals surface area contributed by atoms with Gasteiger partial charge in [0.2, 0.25) is 0 Å². The summed E-state index contributed by atoms with van der Waals surface area (Å²) in [5.41, 5.74) is 1.38. The Morgan fingerprint density at radius 1 is 1.36 bits per heavy atom. The van der Waals surface area contributed by atoms with Crippen molar-refractivity contribution in [3.8, 4) is 0 Å². The van der Waals surface area contributed by atoms with Crippen LogP contribution in [0, 0.1) is 0 Å². The standard InChI is InChI=1S/C18H31N3O2S.HI/c1-3-19-18(20-9-5-16-8-14-24-15-16)21-10-6-17(7-11-21)23-13-4-12-22-2;/h8,14-15,17H,3-7,9-13H2,1-2H3,(H,19,20);1H. The molecule has 1 saturated heterocycles. The molecule has 0 aliphatic carbocycles. The highest BCUT2D eigenvalue weighted by molar-refractivity contribution is 14.0. The van der Waals surface area contributed by atoms with Gasteiger partial charge in [-0.2, -0.15) is 11.3 Å². The zero-order valence-corrected chi connectivity index (χ0v) is 18.6. The van der Waals surface area contributed by atoms with E-state index in [2.05, 4.69) is 34.0 Å².